The first-order valence-electron chi connectivity index (χ1n) is 5.31. The van der Waals surface area contributed by atoms with Gasteiger partial charge in [0.05, 0.1) is 6.04 Å². The molecule has 0 bridgehead atoms. The van der Waals surface area contributed by atoms with Crippen LogP contribution in [0.3, 0.4) is 0 Å². The number of hydrogen-bond acceptors (Lipinski definition) is 2. The standard InChI is InChI=1S/C13H11F3N2/c1-7-2-3-8(6-18-7)13(17)9-4-10(14)12(16)11(15)5-9/h2-6,13H,17H2,1H3. The number of aryl methyl sites for hydroxylation is 1. The molecule has 2 N–H and O–H groups in total. The van der Waals surface area contributed by atoms with Crippen LogP contribution >= 0.6 is 0 Å². The third kappa shape index (κ3) is 2.36. The summed E-state index contributed by atoms with van der Waals surface area (Å²) < 4.78 is 39.0. The molecule has 5 heteroatoms. The zero-order valence-corrected chi connectivity index (χ0v) is 9.62. The monoisotopic (exact) mass is 252 g/mol. The van der Waals surface area contributed by atoms with E-state index in [0.717, 1.165) is 17.8 Å². The van der Waals surface area contributed by atoms with Crippen molar-refractivity contribution < 1.29 is 13.2 Å². The van der Waals surface area contributed by atoms with Crippen LogP contribution in [0.25, 0.3) is 0 Å². The van der Waals surface area contributed by atoms with Crippen LogP contribution in [0, 0.1) is 24.4 Å². The maximum Gasteiger partial charge on any atom is 0.194 e. The van der Waals surface area contributed by atoms with E-state index < -0.39 is 23.5 Å². The van der Waals surface area contributed by atoms with Crippen LogP contribution in [0.4, 0.5) is 13.2 Å². The zero-order chi connectivity index (χ0) is 13.3. The molecule has 2 nitrogen and oxygen atoms in total. The Hall–Kier alpha value is -1.88. The molecule has 0 amide bonds. The molecule has 2 rings (SSSR count). The van der Waals surface area contributed by atoms with E-state index in [1.165, 1.54) is 6.20 Å². The van der Waals surface area contributed by atoms with Crippen LogP contribution in [-0.4, -0.2) is 4.98 Å². The maximum absolute atomic E-state index is 13.1. The largest absolute Gasteiger partial charge is 0.320 e. The lowest BCUT2D eigenvalue weighted by atomic mass is 10.0. The van der Waals surface area contributed by atoms with Crippen molar-refractivity contribution in [3.05, 3.63) is 64.7 Å². The Labute approximate surface area is 102 Å². The van der Waals surface area contributed by atoms with E-state index in [2.05, 4.69) is 4.98 Å². The van der Waals surface area contributed by atoms with Crippen LogP contribution < -0.4 is 5.73 Å². The first-order valence-corrected chi connectivity index (χ1v) is 5.31. The van der Waals surface area contributed by atoms with Crippen molar-refractivity contribution in [1.82, 2.24) is 4.98 Å². The van der Waals surface area contributed by atoms with Gasteiger partial charge in [0.15, 0.2) is 17.5 Å². The topological polar surface area (TPSA) is 38.9 Å². The summed E-state index contributed by atoms with van der Waals surface area (Å²) in [5.41, 5.74) is 7.43. The summed E-state index contributed by atoms with van der Waals surface area (Å²) in [6, 6.07) is 4.49. The van der Waals surface area contributed by atoms with Gasteiger partial charge in [-0.15, -0.1) is 0 Å². The van der Waals surface area contributed by atoms with Crippen LogP contribution in [0.15, 0.2) is 30.5 Å². The SMILES string of the molecule is Cc1ccc(C(N)c2cc(F)c(F)c(F)c2)cn1. The minimum Gasteiger partial charge on any atom is -0.320 e. The van der Waals surface area contributed by atoms with Crippen molar-refractivity contribution >= 4 is 0 Å². The predicted molar refractivity (Wildman–Crippen MR) is 61.3 cm³/mol. The van der Waals surface area contributed by atoms with Gasteiger partial charge in [-0.3, -0.25) is 4.98 Å². The number of aromatic nitrogens is 1. The summed E-state index contributed by atoms with van der Waals surface area (Å²) in [5, 5.41) is 0. The normalized spacial score (nSPS) is 12.5. The smallest absolute Gasteiger partial charge is 0.194 e. The molecule has 94 valence electrons. The van der Waals surface area contributed by atoms with E-state index in [4.69, 9.17) is 5.73 Å². The fourth-order valence-corrected chi connectivity index (χ4v) is 1.61. The zero-order valence-electron chi connectivity index (χ0n) is 9.62. The molecule has 0 aliphatic carbocycles. The third-order valence-electron chi connectivity index (χ3n) is 2.66. The Bertz CT molecular complexity index is 544. The molecular formula is C13H11F3N2. The van der Waals surface area contributed by atoms with Gasteiger partial charge in [-0.1, -0.05) is 6.07 Å². The van der Waals surface area contributed by atoms with Gasteiger partial charge in [-0.25, -0.2) is 13.2 Å². The predicted octanol–water partition coefficient (Wildman–Crippen LogP) is 2.86. The number of halogens is 3. The van der Waals surface area contributed by atoms with Gasteiger partial charge in [0.25, 0.3) is 0 Å². The quantitative estimate of drug-likeness (QED) is 0.835. The van der Waals surface area contributed by atoms with Gasteiger partial charge in [0.2, 0.25) is 0 Å². The number of pyridine rings is 1. The number of rotatable bonds is 2. The number of hydrogen-bond donors (Lipinski definition) is 1. The molecule has 0 saturated heterocycles. The van der Waals surface area contributed by atoms with Crippen LogP contribution in [0.2, 0.25) is 0 Å². The van der Waals surface area contributed by atoms with Gasteiger partial charge < -0.3 is 5.73 Å². The second-order valence-electron chi connectivity index (χ2n) is 4.01. The van der Waals surface area contributed by atoms with E-state index in [9.17, 15) is 13.2 Å². The average Bonchev–Trinajstić information content (AvgIpc) is 2.35. The Morgan fingerprint density at radius 3 is 2.17 bits per heavy atom. The van der Waals surface area contributed by atoms with Gasteiger partial charge >= 0.3 is 0 Å². The summed E-state index contributed by atoms with van der Waals surface area (Å²) in [6.07, 6.45) is 1.53. The summed E-state index contributed by atoms with van der Waals surface area (Å²) >= 11 is 0. The molecule has 1 unspecified atom stereocenters. The fourth-order valence-electron chi connectivity index (χ4n) is 1.61. The minimum absolute atomic E-state index is 0.164. The second kappa shape index (κ2) is 4.78. The highest BCUT2D eigenvalue weighted by atomic mass is 19.2. The molecular weight excluding hydrogens is 241 g/mol. The molecule has 1 aromatic carbocycles. The van der Waals surface area contributed by atoms with E-state index in [1.54, 1.807) is 12.1 Å². The molecule has 18 heavy (non-hydrogen) atoms. The Morgan fingerprint density at radius 2 is 1.67 bits per heavy atom. The third-order valence-corrected chi connectivity index (χ3v) is 2.66. The van der Waals surface area contributed by atoms with Crippen LogP contribution in [0.5, 0.6) is 0 Å². The Kier molecular flexibility index (Phi) is 3.34. The number of nitrogens with zero attached hydrogens (tertiary/aromatic N) is 1. The molecule has 0 fully saturated rings. The molecule has 2 aromatic rings. The van der Waals surface area contributed by atoms with E-state index in [-0.39, 0.29) is 5.56 Å². The molecule has 1 atom stereocenters. The summed E-state index contributed by atoms with van der Waals surface area (Å²) in [6.45, 7) is 1.81. The Morgan fingerprint density at radius 1 is 1.06 bits per heavy atom. The van der Waals surface area contributed by atoms with Crippen LogP contribution in [0.1, 0.15) is 22.9 Å². The maximum atomic E-state index is 13.1. The lowest BCUT2D eigenvalue weighted by Gasteiger charge is -2.13. The molecule has 0 radical (unpaired) electrons. The van der Waals surface area contributed by atoms with E-state index in [0.29, 0.717) is 5.56 Å². The number of nitrogens with two attached hydrogens (primary N) is 1. The fraction of sp³-hybridized carbons (Fsp3) is 0.154. The average molecular weight is 252 g/mol. The van der Waals surface area contributed by atoms with Crippen molar-refractivity contribution in [3.8, 4) is 0 Å². The molecule has 0 aliphatic heterocycles. The van der Waals surface area contributed by atoms with E-state index >= 15 is 0 Å². The van der Waals surface area contributed by atoms with Gasteiger partial charge in [-0.05, 0) is 36.2 Å². The van der Waals surface area contributed by atoms with Gasteiger partial charge in [0, 0.05) is 11.9 Å². The summed E-state index contributed by atoms with van der Waals surface area (Å²) in [5.74, 6) is -3.99. The lowest BCUT2D eigenvalue weighted by molar-refractivity contribution is 0.444. The molecule has 0 saturated carbocycles. The first-order chi connectivity index (χ1) is 8.49. The van der Waals surface area contributed by atoms with Crippen molar-refractivity contribution in [2.24, 2.45) is 5.73 Å². The van der Waals surface area contributed by atoms with Crippen LogP contribution in [-0.2, 0) is 0 Å². The van der Waals surface area contributed by atoms with Gasteiger partial charge in [-0.2, -0.15) is 0 Å². The van der Waals surface area contributed by atoms with Gasteiger partial charge in [0.1, 0.15) is 0 Å². The molecule has 1 aromatic heterocycles. The van der Waals surface area contributed by atoms with Crippen molar-refractivity contribution in [2.45, 2.75) is 13.0 Å². The van der Waals surface area contributed by atoms with E-state index in [1.807, 2.05) is 6.92 Å². The minimum atomic E-state index is -1.49. The number of benzene rings is 1. The lowest BCUT2D eigenvalue weighted by Crippen LogP contribution is -2.13. The first kappa shape index (κ1) is 12.6. The van der Waals surface area contributed by atoms with Crippen molar-refractivity contribution in [3.63, 3.8) is 0 Å². The highest BCUT2D eigenvalue weighted by Gasteiger charge is 2.16. The van der Waals surface area contributed by atoms with Crippen molar-refractivity contribution in [2.75, 3.05) is 0 Å². The molecule has 0 spiro atoms. The molecule has 1 heterocycles. The molecule has 0 aliphatic rings. The summed E-state index contributed by atoms with van der Waals surface area (Å²) in [4.78, 5) is 4.05. The summed E-state index contributed by atoms with van der Waals surface area (Å²) in [7, 11) is 0. The highest BCUT2D eigenvalue weighted by molar-refractivity contribution is 5.31. The van der Waals surface area contributed by atoms with Crippen molar-refractivity contribution in [1.29, 1.82) is 0 Å². The second-order valence-corrected chi connectivity index (χ2v) is 4.01. The Balaban J connectivity index is 2.39. The highest BCUT2D eigenvalue weighted by Crippen LogP contribution is 2.22.